The molecule has 3 aromatic heterocycles. The maximum absolute atomic E-state index is 14.2. The number of carbonyl (C=O) groups excluding carboxylic acids is 1. The van der Waals surface area contributed by atoms with E-state index in [2.05, 4.69) is 4.98 Å². The Balaban J connectivity index is 1.59. The van der Waals surface area contributed by atoms with Crippen molar-refractivity contribution in [1.82, 2.24) is 14.5 Å². The molecule has 0 bridgehead atoms. The highest BCUT2D eigenvalue weighted by atomic mass is 19.4. The van der Waals surface area contributed by atoms with Crippen molar-refractivity contribution < 1.29 is 31.2 Å². The van der Waals surface area contributed by atoms with E-state index in [9.17, 15) is 22.4 Å². The van der Waals surface area contributed by atoms with Crippen LogP contribution in [0.1, 0.15) is 33.3 Å². The SMILES string of the molecule is O=C(c1ccco1)N(Cc1ccco1)Cc1nccn1Cc1cc(C(F)(F)F)ccc1F. The molecule has 0 spiro atoms. The maximum atomic E-state index is 14.2. The van der Waals surface area contributed by atoms with Crippen molar-refractivity contribution in [1.29, 1.82) is 0 Å². The van der Waals surface area contributed by atoms with Crippen molar-refractivity contribution in [3.05, 3.63) is 102 Å². The Morgan fingerprint density at radius 2 is 1.84 bits per heavy atom. The van der Waals surface area contributed by atoms with Crippen LogP contribution in [0, 0.1) is 5.82 Å². The van der Waals surface area contributed by atoms with Crippen LogP contribution in [-0.2, 0) is 25.8 Å². The van der Waals surface area contributed by atoms with Crippen molar-refractivity contribution in [3.8, 4) is 0 Å². The van der Waals surface area contributed by atoms with Gasteiger partial charge in [0.2, 0.25) is 0 Å². The van der Waals surface area contributed by atoms with Crippen LogP contribution in [0.4, 0.5) is 17.6 Å². The summed E-state index contributed by atoms with van der Waals surface area (Å²) >= 11 is 0. The second-order valence-electron chi connectivity index (χ2n) is 6.99. The van der Waals surface area contributed by atoms with E-state index in [1.165, 1.54) is 40.5 Å². The van der Waals surface area contributed by atoms with Crippen molar-refractivity contribution in [2.75, 3.05) is 0 Å². The van der Waals surface area contributed by atoms with E-state index >= 15 is 0 Å². The molecule has 0 radical (unpaired) electrons. The Kier molecular flexibility index (Phi) is 5.85. The minimum Gasteiger partial charge on any atom is -0.467 e. The van der Waals surface area contributed by atoms with E-state index in [1.54, 1.807) is 18.2 Å². The van der Waals surface area contributed by atoms with Gasteiger partial charge in [-0.2, -0.15) is 13.2 Å². The van der Waals surface area contributed by atoms with Gasteiger partial charge in [0.05, 0.1) is 37.7 Å². The molecule has 4 aromatic rings. The fraction of sp³-hybridized carbons (Fsp3) is 0.182. The molecule has 10 heteroatoms. The molecule has 0 aliphatic rings. The zero-order valence-corrected chi connectivity index (χ0v) is 16.6. The highest BCUT2D eigenvalue weighted by Gasteiger charge is 2.31. The zero-order valence-electron chi connectivity index (χ0n) is 16.6. The first kappa shape index (κ1) is 21.4. The summed E-state index contributed by atoms with van der Waals surface area (Å²) in [5, 5.41) is 0. The van der Waals surface area contributed by atoms with E-state index in [-0.39, 0.29) is 31.0 Å². The van der Waals surface area contributed by atoms with Gasteiger partial charge in [0, 0.05) is 18.0 Å². The van der Waals surface area contributed by atoms with Gasteiger partial charge in [-0.3, -0.25) is 4.79 Å². The summed E-state index contributed by atoms with van der Waals surface area (Å²) in [7, 11) is 0. The van der Waals surface area contributed by atoms with Gasteiger partial charge in [0.25, 0.3) is 5.91 Å². The molecule has 0 unspecified atom stereocenters. The number of benzene rings is 1. The van der Waals surface area contributed by atoms with E-state index in [1.807, 2.05) is 0 Å². The van der Waals surface area contributed by atoms with Crippen molar-refractivity contribution >= 4 is 5.91 Å². The lowest BCUT2D eigenvalue weighted by atomic mass is 10.1. The van der Waals surface area contributed by atoms with Crippen molar-refractivity contribution in [2.24, 2.45) is 0 Å². The number of amides is 1. The molecule has 1 aromatic carbocycles. The van der Waals surface area contributed by atoms with Gasteiger partial charge < -0.3 is 18.3 Å². The third kappa shape index (κ3) is 4.74. The van der Waals surface area contributed by atoms with Crippen LogP contribution in [-0.4, -0.2) is 20.4 Å². The lowest BCUT2D eigenvalue weighted by Crippen LogP contribution is -2.31. The van der Waals surface area contributed by atoms with Crippen LogP contribution in [0.3, 0.4) is 0 Å². The van der Waals surface area contributed by atoms with Crippen molar-refractivity contribution in [2.45, 2.75) is 25.8 Å². The first-order chi connectivity index (χ1) is 15.3. The van der Waals surface area contributed by atoms with Crippen LogP contribution in [0.25, 0.3) is 0 Å². The van der Waals surface area contributed by atoms with Crippen LogP contribution in [0.2, 0.25) is 0 Å². The standard InChI is InChI=1S/C22H17F4N3O3/c23-18-6-5-16(22(24,25)26)11-15(18)12-28-8-7-27-20(28)14-29(13-17-3-1-9-31-17)21(30)19-4-2-10-32-19/h1-11H,12-14H2. The molecule has 0 saturated heterocycles. The number of rotatable bonds is 7. The third-order valence-corrected chi connectivity index (χ3v) is 4.79. The third-order valence-electron chi connectivity index (χ3n) is 4.79. The fourth-order valence-electron chi connectivity index (χ4n) is 3.21. The summed E-state index contributed by atoms with van der Waals surface area (Å²) in [6, 6.07) is 8.74. The van der Waals surface area contributed by atoms with Gasteiger partial charge in [-0.25, -0.2) is 9.37 Å². The van der Waals surface area contributed by atoms with E-state index < -0.39 is 23.5 Å². The predicted octanol–water partition coefficient (Wildman–Crippen LogP) is 5.12. The lowest BCUT2D eigenvalue weighted by molar-refractivity contribution is -0.137. The molecule has 0 saturated carbocycles. The Morgan fingerprint density at radius 3 is 2.53 bits per heavy atom. The molecular weight excluding hydrogens is 430 g/mol. The van der Waals surface area contributed by atoms with E-state index in [0.29, 0.717) is 17.7 Å². The second kappa shape index (κ2) is 8.74. The minimum atomic E-state index is -4.59. The topological polar surface area (TPSA) is 64.4 Å². The molecule has 166 valence electrons. The van der Waals surface area contributed by atoms with E-state index in [0.717, 1.165) is 12.1 Å². The van der Waals surface area contributed by atoms with Gasteiger partial charge >= 0.3 is 6.18 Å². The minimum absolute atomic E-state index is 0.00614. The molecule has 32 heavy (non-hydrogen) atoms. The highest BCUT2D eigenvalue weighted by Crippen LogP contribution is 2.30. The van der Waals surface area contributed by atoms with Gasteiger partial charge in [-0.1, -0.05) is 0 Å². The quantitative estimate of drug-likeness (QED) is 0.369. The van der Waals surface area contributed by atoms with Crippen molar-refractivity contribution in [3.63, 3.8) is 0 Å². The number of furan rings is 2. The number of hydrogen-bond acceptors (Lipinski definition) is 4. The van der Waals surface area contributed by atoms with Crippen LogP contribution in [0.5, 0.6) is 0 Å². The largest absolute Gasteiger partial charge is 0.467 e. The molecule has 3 heterocycles. The Hall–Kier alpha value is -3.82. The number of carbonyl (C=O) groups is 1. The molecule has 0 aliphatic heterocycles. The van der Waals surface area contributed by atoms with Gasteiger partial charge in [-0.05, 0) is 42.5 Å². The smallest absolute Gasteiger partial charge is 0.416 e. The summed E-state index contributed by atoms with van der Waals surface area (Å²) in [6.07, 6.45) is 1.20. The molecule has 0 fully saturated rings. The normalized spacial score (nSPS) is 11.6. The Labute approximate surface area is 179 Å². The molecule has 0 N–H and O–H groups in total. The zero-order chi connectivity index (χ0) is 22.7. The molecule has 0 atom stereocenters. The second-order valence-corrected chi connectivity index (χ2v) is 6.99. The summed E-state index contributed by atoms with van der Waals surface area (Å²) in [5.41, 5.74) is -1.09. The van der Waals surface area contributed by atoms with E-state index in [4.69, 9.17) is 8.83 Å². The first-order valence-electron chi connectivity index (χ1n) is 9.52. The fourth-order valence-corrected chi connectivity index (χ4v) is 3.21. The number of nitrogens with zero attached hydrogens (tertiary/aromatic N) is 3. The number of hydrogen-bond donors (Lipinski definition) is 0. The Bertz CT molecular complexity index is 1180. The van der Waals surface area contributed by atoms with Crippen LogP contribution >= 0.6 is 0 Å². The van der Waals surface area contributed by atoms with Gasteiger partial charge in [0.1, 0.15) is 17.4 Å². The molecule has 1 amide bonds. The molecule has 0 aliphatic carbocycles. The number of aromatic nitrogens is 2. The molecule has 4 rings (SSSR count). The summed E-state index contributed by atoms with van der Waals surface area (Å²) in [5.74, 6) is -0.207. The number of halogens is 4. The summed E-state index contributed by atoms with van der Waals surface area (Å²) < 4.78 is 65.3. The molecular formula is C22H17F4N3O3. The van der Waals surface area contributed by atoms with Crippen LogP contribution in [0.15, 0.2) is 76.2 Å². The molecule has 6 nitrogen and oxygen atoms in total. The summed E-state index contributed by atoms with van der Waals surface area (Å²) in [4.78, 5) is 18.5. The first-order valence-corrected chi connectivity index (χ1v) is 9.52. The van der Waals surface area contributed by atoms with Gasteiger partial charge in [-0.15, -0.1) is 0 Å². The average Bonchev–Trinajstić information content (AvgIpc) is 3.51. The van der Waals surface area contributed by atoms with Gasteiger partial charge in [0.15, 0.2) is 5.76 Å². The maximum Gasteiger partial charge on any atom is 0.416 e. The number of alkyl halides is 3. The Morgan fingerprint density at radius 1 is 1.06 bits per heavy atom. The monoisotopic (exact) mass is 447 g/mol. The predicted molar refractivity (Wildman–Crippen MR) is 104 cm³/mol. The van der Waals surface area contributed by atoms with Crippen LogP contribution < -0.4 is 0 Å². The summed E-state index contributed by atoms with van der Waals surface area (Å²) in [6.45, 7) is -0.0836. The average molecular weight is 447 g/mol. The highest BCUT2D eigenvalue weighted by molar-refractivity contribution is 5.91. The lowest BCUT2D eigenvalue weighted by Gasteiger charge is -2.21. The number of imidazole rings is 1.